The number of piperidine rings is 1. The highest BCUT2D eigenvalue weighted by Crippen LogP contribution is 2.13. The summed E-state index contributed by atoms with van der Waals surface area (Å²) in [7, 11) is -3.30. The summed E-state index contributed by atoms with van der Waals surface area (Å²) in [5, 5.41) is 0. The van der Waals surface area contributed by atoms with Crippen LogP contribution in [0.5, 0.6) is 0 Å². The minimum Gasteiger partial charge on any atom is -0.300 e. The lowest BCUT2D eigenvalue weighted by Crippen LogP contribution is -2.44. The molecule has 2 heterocycles. The zero-order valence-corrected chi connectivity index (χ0v) is 12.2. The summed E-state index contributed by atoms with van der Waals surface area (Å²) in [6.45, 7) is 3.75. The predicted molar refractivity (Wildman–Crippen MR) is 72.9 cm³/mol. The maximum Gasteiger partial charge on any atom is 0.279 e. The summed E-state index contributed by atoms with van der Waals surface area (Å²) in [6.07, 6.45) is 3.66. The van der Waals surface area contributed by atoms with Crippen LogP contribution < -0.4 is 4.72 Å². The van der Waals surface area contributed by atoms with E-state index in [0.29, 0.717) is 32.6 Å². The topological polar surface area (TPSA) is 52.7 Å². The van der Waals surface area contributed by atoms with Gasteiger partial charge in [-0.3, -0.25) is 0 Å². The Balaban J connectivity index is 1.64. The molecule has 2 fully saturated rings. The lowest BCUT2D eigenvalue weighted by atomic mass is 10.2. The van der Waals surface area contributed by atoms with E-state index in [4.69, 9.17) is 0 Å². The fourth-order valence-corrected chi connectivity index (χ4v) is 4.01. The first kappa shape index (κ1) is 15.2. The molecule has 0 radical (unpaired) electrons. The molecule has 112 valence electrons. The number of rotatable bonds is 6. The molecule has 0 bridgehead atoms. The monoisotopic (exact) mass is 293 g/mol. The van der Waals surface area contributed by atoms with Crippen molar-refractivity contribution in [2.24, 2.45) is 0 Å². The second-order valence-electron chi connectivity index (χ2n) is 5.40. The summed E-state index contributed by atoms with van der Waals surface area (Å²) >= 11 is 0. The Hall–Kier alpha value is -0.240. The van der Waals surface area contributed by atoms with Crippen LogP contribution in [0.4, 0.5) is 4.39 Å². The van der Waals surface area contributed by atoms with Gasteiger partial charge in [-0.25, -0.2) is 9.11 Å². The van der Waals surface area contributed by atoms with Crippen molar-refractivity contribution in [1.82, 2.24) is 13.9 Å². The van der Waals surface area contributed by atoms with Gasteiger partial charge in [0, 0.05) is 32.7 Å². The van der Waals surface area contributed by atoms with Crippen molar-refractivity contribution >= 4 is 10.2 Å². The van der Waals surface area contributed by atoms with Gasteiger partial charge in [0.15, 0.2) is 0 Å². The quantitative estimate of drug-likeness (QED) is 0.735. The largest absolute Gasteiger partial charge is 0.300 e. The van der Waals surface area contributed by atoms with Crippen molar-refractivity contribution in [2.45, 2.75) is 38.3 Å². The third-order valence-electron chi connectivity index (χ3n) is 3.81. The second-order valence-corrected chi connectivity index (χ2v) is 7.15. The van der Waals surface area contributed by atoms with E-state index < -0.39 is 16.4 Å². The van der Waals surface area contributed by atoms with Gasteiger partial charge in [0.1, 0.15) is 6.17 Å². The Bertz CT molecular complexity index is 371. The molecule has 0 aromatic carbocycles. The molecule has 0 spiro atoms. The average molecular weight is 293 g/mol. The van der Waals surface area contributed by atoms with E-state index >= 15 is 0 Å². The average Bonchev–Trinajstić information content (AvgIpc) is 2.82. The Morgan fingerprint density at radius 2 is 1.89 bits per heavy atom. The fraction of sp³-hybridized carbons (Fsp3) is 1.00. The van der Waals surface area contributed by atoms with E-state index in [1.165, 1.54) is 4.31 Å². The van der Waals surface area contributed by atoms with E-state index in [2.05, 4.69) is 9.62 Å². The fourth-order valence-electron chi connectivity index (χ4n) is 2.69. The van der Waals surface area contributed by atoms with Gasteiger partial charge in [0.2, 0.25) is 0 Å². The third kappa shape index (κ3) is 4.66. The molecule has 1 N–H and O–H groups in total. The number of hydrogen-bond acceptors (Lipinski definition) is 3. The van der Waals surface area contributed by atoms with Gasteiger partial charge in [0.05, 0.1) is 0 Å². The summed E-state index contributed by atoms with van der Waals surface area (Å²) in [5.41, 5.74) is 0. The van der Waals surface area contributed by atoms with Gasteiger partial charge in [-0.15, -0.1) is 0 Å². The number of nitrogens with one attached hydrogen (secondary N) is 1. The second kappa shape index (κ2) is 6.97. The van der Waals surface area contributed by atoms with Crippen molar-refractivity contribution in [2.75, 3.05) is 39.3 Å². The van der Waals surface area contributed by atoms with Crippen LogP contribution in [-0.4, -0.2) is 63.1 Å². The zero-order valence-electron chi connectivity index (χ0n) is 11.4. The van der Waals surface area contributed by atoms with Gasteiger partial charge >= 0.3 is 0 Å². The molecule has 2 aliphatic rings. The molecule has 1 atom stereocenters. The standard InChI is InChI=1S/C12H24FN3O2S/c13-12-5-10-15(11-12)7-4-6-14-19(17,18)16-8-2-1-3-9-16/h12,14H,1-11H2/t12-/m0/s1. The molecule has 0 amide bonds. The van der Waals surface area contributed by atoms with E-state index in [-0.39, 0.29) is 0 Å². The molecule has 0 unspecified atom stereocenters. The van der Waals surface area contributed by atoms with Crippen LogP contribution >= 0.6 is 0 Å². The van der Waals surface area contributed by atoms with Gasteiger partial charge in [0.25, 0.3) is 10.2 Å². The summed E-state index contributed by atoms with van der Waals surface area (Å²) in [5.74, 6) is 0. The van der Waals surface area contributed by atoms with Crippen molar-refractivity contribution in [3.63, 3.8) is 0 Å². The molecule has 2 saturated heterocycles. The molecular formula is C12H24FN3O2S. The highest BCUT2D eigenvalue weighted by Gasteiger charge is 2.24. The van der Waals surface area contributed by atoms with Crippen LogP contribution in [-0.2, 0) is 10.2 Å². The maximum absolute atomic E-state index is 13.0. The first-order valence-corrected chi connectivity index (χ1v) is 8.63. The predicted octanol–water partition coefficient (Wildman–Crippen LogP) is 0.741. The van der Waals surface area contributed by atoms with Gasteiger partial charge < -0.3 is 4.90 Å². The van der Waals surface area contributed by atoms with Crippen LogP contribution in [0.25, 0.3) is 0 Å². The highest BCUT2D eigenvalue weighted by molar-refractivity contribution is 7.87. The zero-order chi connectivity index (χ0) is 13.7. The van der Waals surface area contributed by atoms with Gasteiger partial charge in [-0.1, -0.05) is 6.42 Å². The number of halogens is 1. The first-order valence-electron chi connectivity index (χ1n) is 7.19. The first-order chi connectivity index (χ1) is 9.08. The molecule has 2 rings (SSSR count). The number of hydrogen-bond donors (Lipinski definition) is 1. The van der Waals surface area contributed by atoms with E-state index in [0.717, 1.165) is 38.8 Å². The SMILES string of the molecule is O=S(=O)(NCCCN1CC[C@H](F)C1)N1CCCCC1. The number of likely N-dealkylation sites (tertiary alicyclic amines) is 1. The van der Waals surface area contributed by atoms with E-state index in [1.54, 1.807) is 0 Å². The van der Waals surface area contributed by atoms with Crippen LogP contribution in [0, 0.1) is 0 Å². The molecule has 0 aliphatic carbocycles. The molecular weight excluding hydrogens is 269 g/mol. The van der Waals surface area contributed by atoms with Crippen molar-refractivity contribution < 1.29 is 12.8 Å². The van der Waals surface area contributed by atoms with E-state index in [9.17, 15) is 12.8 Å². The van der Waals surface area contributed by atoms with Crippen LogP contribution in [0.3, 0.4) is 0 Å². The molecule has 19 heavy (non-hydrogen) atoms. The van der Waals surface area contributed by atoms with Crippen molar-refractivity contribution in [3.8, 4) is 0 Å². The van der Waals surface area contributed by atoms with Crippen molar-refractivity contribution in [1.29, 1.82) is 0 Å². The minimum atomic E-state index is -3.30. The smallest absolute Gasteiger partial charge is 0.279 e. The molecule has 7 heteroatoms. The highest BCUT2D eigenvalue weighted by atomic mass is 32.2. The Labute approximate surface area is 115 Å². The Morgan fingerprint density at radius 1 is 1.16 bits per heavy atom. The molecule has 2 aliphatic heterocycles. The summed E-state index contributed by atoms with van der Waals surface area (Å²) in [4.78, 5) is 2.06. The van der Waals surface area contributed by atoms with Crippen molar-refractivity contribution in [3.05, 3.63) is 0 Å². The van der Waals surface area contributed by atoms with Gasteiger partial charge in [-0.2, -0.15) is 12.7 Å². The normalized spacial score (nSPS) is 26.9. The summed E-state index contributed by atoms with van der Waals surface area (Å²) in [6, 6.07) is 0. The lowest BCUT2D eigenvalue weighted by molar-refractivity contribution is 0.285. The Morgan fingerprint density at radius 3 is 2.53 bits per heavy atom. The number of nitrogens with zero attached hydrogens (tertiary/aromatic N) is 2. The molecule has 0 aromatic heterocycles. The minimum absolute atomic E-state index is 0.437. The van der Waals surface area contributed by atoms with Gasteiger partial charge in [-0.05, 0) is 32.2 Å². The lowest BCUT2D eigenvalue weighted by Gasteiger charge is -2.26. The molecule has 0 saturated carbocycles. The maximum atomic E-state index is 13.0. The van der Waals surface area contributed by atoms with Crippen LogP contribution in [0.2, 0.25) is 0 Å². The Kier molecular flexibility index (Phi) is 5.56. The molecule has 0 aromatic rings. The van der Waals surface area contributed by atoms with Crippen LogP contribution in [0.15, 0.2) is 0 Å². The number of alkyl halides is 1. The summed E-state index contributed by atoms with van der Waals surface area (Å²) < 4.78 is 41.1. The molecule has 5 nitrogen and oxygen atoms in total. The third-order valence-corrected chi connectivity index (χ3v) is 5.42. The van der Waals surface area contributed by atoms with Crippen LogP contribution in [0.1, 0.15) is 32.1 Å². The van der Waals surface area contributed by atoms with E-state index in [1.807, 2.05) is 0 Å².